The SMILES string of the molecule is Cc1cccc(-n2nc(C(=O)Nc3sc4c(c3C#N)CCCC4)c(O)cc2=O)c1. The second-order valence-corrected chi connectivity index (χ2v) is 8.05. The Hall–Kier alpha value is -3.44. The molecule has 3 aromatic rings. The molecule has 146 valence electrons. The van der Waals surface area contributed by atoms with Gasteiger partial charge in [0.15, 0.2) is 11.4 Å². The Balaban J connectivity index is 1.71. The maximum absolute atomic E-state index is 12.8. The van der Waals surface area contributed by atoms with Crippen LogP contribution in [0.25, 0.3) is 5.69 Å². The topological polar surface area (TPSA) is 108 Å². The van der Waals surface area contributed by atoms with E-state index in [1.165, 1.54) is 11.3 Å². The van der Waals surface area contributed by atoms with E-state index in [0.29, 0.717) is 16.3 Å². The first-order valence-corrected chi connectivity index (χ1v) is 10.1. The molecule has 0 saturated carbocycles. The van der Waals surface area contributed by atoms with Crippen molar-refractivity contribution >= 4 is 22.2 Å². The molecule has 1 aliphatic carbocycles. The molecule has 0 saturated heterocycles. The number of aryl methyl sites for hydroxylation is 2. The van der Waals surface area contributed by atoms with Gasteiger partial charge in [-0.2, -0.15) is 15.0 Å². The van der Waals surface area contributed by atoms with Gasteiger partial charge in [-0.05, 0) is 55.9 Å². The van der Waals surface area contributed by atoms with E-state index >= 15 is 0 Å². The molecule has 2 N–H and O–H groups in total. The number of thiophene rings is 1. The molecule has 29 heavy (non-hydrogen) atoms. The van der Waals surface area contributed by atoms with Crippen LogP contribution in [-0.4, -0.2) is 20.8 Å². The monoisotopic (exact) mass is 406 g/mol. The number of nitrogens with zero attached hydrogens (tertiary/aromatic N) is 3. The van der Waals surface area contributed by atoms with E-state index in [1.807, 2.05) is 13.0 Å². The Kier molecular flexibility index (Phi) is 4.91. The fourth-order valence-electron chi connectivity index (χ4n) is 3.49. The van der Waals surface area contributed by atoms with E-state index in [0.717, 1.165) is 52.4 Å². The molecule has 0 spiro atoms. The maximum atomic E-state index is 12.8. The summed E-state index contributed by atoms with van der Waals surface area (Å²) >= 11 is 1.39. The minimum absolute atomic E-state index is 0.277. The summed E-state index contributed by atoms with van der Waals surface area (Å²) in [5.74, 6) is -1.17. The second kappa shape index (κ2) is 7.53. The van der Waals surface area contributed by atoms with Crippen molar-refractivity contribution in [3.05, 3.63) is 67.9 Å². The number of fused-ring (bicyclic) bond motifs is 1. The Labute approximate surface area is 170 Å². The summed E-state index contributed by atoms with van der Waals surface area (Å²) in [5, 5.41) is 26.9. The van der Waals surface area contributed by atoms with E-state index in [-0.39, 0.29) is 5.69 Å². The molecule has 0 fully saturated rings. The molecule has 0 unspecified atom stereocenters. The van der Waals surface area contributed by atoms with Crippen LogP contribution in [0.3, 0.4) is 0 Å². The van der Waals surface area contributed by atoms with Gasteiger partial charge in [0.2, 0.25) is 0 Å². The van der Waals surface area contributed by atoms with Crippen LogP contribution in [0.5, 0.6) is 5.75 Å². The highest BCUT2D eigenvalue weighted by atomic mass is 32.1. The number of carbonyl (C=O) groups is 1. The largest absolute Gasteiger partial charge is 0.505 e. The van der Waals surface area contributed by atoms with E-state index in [4.69, 9.17) is 0 Å². The molecule has 2 heterocycles. The first-order chi connectivity index (χ1) is 14.0. The molecule has 1 aromatic carbocycles. The zero-order valence-corrected chi connectivity index (χ0v) is 16.5. The minimum Gasteiger partial charge on any atom is -0.505 e. The predicted octanol–water partition coefficient (Wildman–Crippen LogP) is 3.31. The number of hydrogen-bond donors (Lipinski definition) is 2. The lowest BCUT2D eigenvalue weighted by Gasteiger charge is -2.10. The number of aromatic nitrogens is 2. The van der Waals surface area contributed by atoms with Crippen LogP contribution in [0.15, 0.2) is 35.1 Å². The highest BCUT2D eigenvalue weighted by Gasteiger charge is 2.24. The van der Waals surface area contributed by atoms with E-state index in [9.17, 15) is 20.0 Å². The summed E-state index contributed by atoms with van der Waals surface area (Å²) in [6, 6.07) is 10.3. The standard InChI is InChI=1S/C21H18N4O3S/c1-12-5-4-6-13(9-12)25-18(27)10-16(26)19(24-25)20(28)23-21-15(11-22)14-7-2-3-8-17(14)29-21/h4-6,9-10,26H,2-3,7-8H2,1H3,(H,23,28). The Morgan fingerprint density at radius 2 is 2.10 bits per heavy atom. The van der Waals surface area contributed by atoms with Crippen molar-refractivity contribution in [2.45, 2.75) is 32.6 Å². The molecule has 7 nitrogen and oxygen atoms in total. The zero-order valence-electron chi connectivity index (χ0n) is 15.7. The lowest BCUT2D eigenvalue weighted by atomic mass is 9.96. The van der Waals surface area contributed by atoms with Gasteiger partial charge in [-0.3, -0.25) is 9.59 Å². The third-order valence-corrected chi connectivity index (χ3v) is 6.09. The molecule has 1 amide bonds. The number of carbonyl (C=O) groups excluding carboxylic acids is 1. The lowest BCUT2D eigenvalue weighted by molar-refractivity contribution is 0.101. The summed E-state index contributed by atoms with van der Waals surface area (Å²) in [6.45, 7) is 1.88. The van der Waals surface area contributed by atoms with Crippen LogP contribution >= 0.6 is 11.3 Å². The van der Waals surface area contributed by atoms with Gasteiger partial charge < -0.3 is 10.4 Å². The third-order valence-electron chi connectivity index (χ3n) is 4.88. The maximum Gasteiger partial charge on any atom is 0.280 e. The fraction of sp³-hybridized carbons (Fsp3) is 0.238. The van der Waals surface area contributed by atoms with Crippen molar-refractivity contribution in [2.75, 3.05) is 5.32 Å². The van der Waals surface area contributed by atoms with Crippen LogP contribution in [0.2, 0.25) is 0 Å². The number of nitrogens with one attached hydrogen (secondary N) is 1. The smallest absolute Gasteiger partial charge is 0.280 e. The molecular formula is C21H18N4O3S. The highest BCUT2D eigenvalue weighted by Crippen LogP contribution is 2.37. The average Bonchev–Trinajstić information content (AvgIpc) is 3.04. The summed E-state index contributed by atoms with van der Waals surface area (Å²) in [6.07, 6.45) is 3.81. The molecular weight excluding hydrogens is 388 g/mol. The number of hydrogen-bond acceptors (Lipinski definition) is 6. The van der Waals surface area contributed by atoms with Gasteiger partial charge in [-0.15, -0.1) is 11.3 Å². The van der Waals surface area contributed by atoms with E-state index < -0.39 is 17.2 Å². The molecule has 0 aliphatic heterocycles. The van der Waals surface area contributed by atoms with Crippen molar-refractivity contribution < 1.29 is 9.90 Å². The van der Waals surface area contributed by atoms with Gasteiger partial charge in [-0.1, -0.05) is 12.1 Å². The number of amides is 1. The summed E-state index contributed by atoms with van der Waals surface area (Å²) in [7, 11) is 0. The van der Waals surface area contributed by atoms with Gasteiger partial charge in [-0.25, -0.2) is 0 Å². The lowest BCUT2D eigenvalue weighted by Crippen LogP contribution is -2.25. The van der Waals surface area contributed by atoms with Crippen LogP contribution < -0.4 is 10.9 Å². The Morgan fingerprint density at radius 1 is 1.31 bits per heavy atom. The fourth-order valence-corrected chi connectivity index (χ4v) is 4.72. The minimum atomic E-state index is -0.668. The van der Waals surface area contributed by atoms with Gasteiger partial charge in [0.1, 0.15) is 11.1 Å². The quantitative estimate of drug-likeness (QED) is 0.694. The van der Waals surface area contributed by atoms with E-state index in [1.54, 1.807) is 18.2 Å². The molecule has 0 atom stereocenters. The van der Waals surface area contributed by atoms with Gasteiger partial charge in [0, 0.05) is 10.9 Å². The predicted molar refractivity (Wildman–Crippen MR) is 110 cm³/mol. The molecule has 4 rings (SSSR count). The van der Waals surface area contributed by atoms with E-state index in [2.05, 4.69) is 16.5 Å². The van der Waals surface area contributed by atoms with Crippen molar-refractivity contribution in [3.63, 3.8) is 0 Å². The average molecular weight is 406 g/mol. The van der Waals surface area contributed by atoms with Crippen molar-refractivity contribution in [1.82, 2.24) is 9.78 Å². The summed E-state index contributed by atoms with van der Waals surface area (Å²) < 4.78 is 1.08. The van der Waals surface area contributed by atoms with Crippen molar-refractivity contribution in [3.8, 4) is 17.5 Å². The third kappa shape index (κ3) is 3.52. The van der Waals surface area contributed by atoms with Crippen molar-refractivity contribution in [1.29, 1.82) is 5.26 Å². The highest BCUT2D eigenvalue weighted by molar-refractivity contribution is 7.16. The van der Waals surface area contributed by atoms with Gasteiger partial charge >= 0.3 is 0 Å². The zero-order chi connectivity index (χ0) is 20.5. The van der Waals surface area contributed by atoms with Crippen LogP contribution in [0.4, 0.5) is 5.00 Å². The molecule has 8 heteroatoms. The Morgan fingerprint density at radius 3 is 2.86 bits per heavy atom. The normalized spacial score (nSPS) is 12.8. The summed E-state index contributed by atoms with van der Waals surface area (Å²) in [4.78, 5) is 26.2. The first-order valence-electron chi connectivity index (χ1n) is 9.24. The summed E-state index contributed by atoms with van der Waals surface area (Å²) in [5.41, 5.74) is 2.08. The molecule has 0 radical (unpaired) electrons. The molecule has 0 bridgehead atoms. The number of aromatic hydroxyl groups is 1. The number of nitriles is 1. The van der Waals surface area contributed by atoms with Crippen molar-refractivity contribution in [2.24, 2.45) is 0 Å². The first kappa shape index (κ1) is 18.9. The second-order valence-electron chi connectivity index (χ2n) is 6.95. The van der Waals surface area contributed by atoms with Gasteiger partial charge in [0.25, 0.3) is 11.5 Å². The number of rotatable bonds is 3. The van der Waals surface area contributed by atoms with Crippen LogP contribution in [0, 0.1) is 18.3 Å². The number of benzene rings is 1. The molecule has 2 aromatic heterocycles. The van der Waals surface area contributed by atoms with Crippen LogP contribution in [-0.2, 0) is 12.8 Å². The van der Waals surface area contributed by atoms with Crippen LogP contribution in [0.1, 0.15) is 44.9 Å². The Bertz CT molecular complexity index is 1220. The number of anilines is 1. The molecule has 1 aliphatic rings. The van der Waals surface area contributed by atoms with Gasteiger partial charge in [0.05, 0.1) is 11.3 Å².